The molecule has 0 radical (unpaired) electrons. The zero-order valence-corrected chi connectivity index (χ0v) is 19.9. The Morgan fingerprint density at radius 2 is 1.89 bits per heavy atom. The highest BCUT2D eigenvalue weighted by molar-refractivity contribution is 5.95. The number of fused-ring (bicyclic) bond motifs is 1. The van der Waals surface area contributed by atoms with Crippen LogP contribution in [0.3, 0.4) is 0 Å². The summed E-state index contributed by atoms with van der Waals surface area (Å²) in [5.74, 6) is 0.311. The predicted octanol–water partition coefficient (Wildman–Crippen LogP) is 0.659. The van der Waals surface area contributed by atoms with Crippen molar-refractivity contribution in [2.75, 3.05) is 24.7 Å². The molecule has 0 spiro atoms. The van der Waals surface area contributed by atoms with Crippen LogP contribution in [0.15, 0.2) is 54.9 Å². The number of amides is 1. The van der Waals surface area contributed by atoms with E-state index in [1.165, 1.54) is 10.9 Å². The Hall–Kier alpha value is -4.10. The summed E-state index contributed by atoms with van der Waals surface area (Å²) in [7, 11) is 1.60. The molecule has 1 aliphatic rings. The van der Waals surface area contributed by atoms with Crippen LogP contribution in [0.25, 0.3) is 22.3 Å². The molecule has 1 aliphatic heterocycles. The number of nitrogens with one attached hydrogen (secondary N) is 2. The molecule has 4 aromatic rings. The lowest BCUT2D eigenvalue weighted by Gasteiger charge is -2.19. The van der Waals surface area contributed by atoms with E-state index in [1.807, 2.05) is 42.5 Å². The minimum absolute atomic E-state index is 0.148. The zero-order valence-electron chi connectivity index (χ0n) is 19.9. The van der Waals surface area contributed by atoms with Crippen molar-refractivity contribution in [1.29, 1.82) is 0 Å². The average Bonchev–Trinajstić information content (AvgIpc) is 3.44. The number of carbonyl (C=O) groups is 1. The normalized spacial score (nSPS) is 21.3. The van der Waals surface area contributed by atoms with Crippen LogP contribution in [0.1, 0.15) is 22.1 Å². The molecule has 2 unspecified atom stereocenters. The number of aliphatic hydroxyl groups is 3. The van der Waals surface area contributed by atoms with Crippen molar-refractivity contribution < 1.29 is 24.9 Å². The number of ether oxygens (including phenoxy) is 1. The highest BCUT2D eigenvalue weighted by atomic mass is 16.6. The fraction of sp³-hybridized carbons (Fsp3) is 0.280. The molecule has 2 aromatic carbocycles. The van der Waals surface area contributed by atoms with E-state index >= 15 is 0 Å². The summed E-state index contributed by atoms with van der Waals surface area (Å²) in [6.07, 6.45) is -3.34. The van der Waals surface area contributed by atoms with Crippen molar-refractivity contribution >= 4 is 28.8 Å². The lowest BCUT2D eigenvalue weighted by molar-refractivity contribution is -0.0501. The van der Waals surface area contributed by atoms with Gasteiger partial charge in [-0.15, -0.1) is 0 Å². The first-order chi connectivity index (χ1) is 17.9. The molecule has 192 valence electrons. The molecule has 12 heteroatoms. The summed E-state index contributed by atoms with van der Waals surface area (Å²) in [6.45, 7) is -0.0936. The van der Waals surface area contributed by atoms with Crippen LogP contribution in [0.2, 0.25) is 0 Å². The molecular weight excluding hydrogens is 478 g/mol. The maximum absolute atomic E-state index is 12.0. The second kappa shape index (κ2) is 10.1. The number of hydrogen-bond donors (Lipinski definition) is 6. The number of imidazole rings is 1. The fourth-order valence-corrected chi connectivity index (χ4v) is 4.37. The van der Waals surface area contributed by atoms with Gasteiger partial charge in [-0.25, -0.2) is 15.0 Å². The van der Waals surface area contributed by atoms with Gasteiger partial charge in [0.25, 0.3) is 5.91 Å². The van der Waals surface area contributed by atoms with E-state index < -0.39 is 31.1 Å². The second-order valence-corrected chi connectivity index (χ2v) is 8.68. The van der Waals surface area contributed by atoms with Gasteiger partial charge in [0, 0.05) is 19.2 Å². The van der Waals surface area contributed by atoms with Crippen molar-refractivity contribution in [1.82, 2.24) is 24.8 Å². The largest absolute Gasteiger partial charge is 0.394 e. The molecule has 1 fully saturated rings. The van der Waals surface area contributed by atoms with Crippen molar-refractivity contribution in [3.8, 4) is 11.1 Å². The number of aromatic nitrogens is 4. The number of nitrogen functional groups attached to an aromatic ring is 1. The van der Waals surface area contributed by atoms with Gasteiger partial charge in [-0.2, -0.15) is 0 Å². The Morgan fingerprint density at radius 1 is 1.11 bits per heavy atom. The number of aliphatic hydroxyl groups excluding tert-OH is 3. The van der Waals surface area contributed by atoms with Crippen LogP contribution in [0, 0.1) is 0 Å². The second-order valence-electron chi connectivity index (χ2n) is 8.68. The molecule has 1 amide bonds. The lowest BCUT2D eigenvalue weighted by Crippen LogP contribution is -2.33. The van der Waals surface area contributed by atoms with Gasteiger partial charge >= 0.3 is 0 Å². The molecule has 0 aliphatic carbocycles. The van der Waals surface area contributed by atoms with Gasteiger partial charge in [0.15, 0.2) is 23.2 Å². The monoisotopic (exact) mass is 505 g/mol. The molecular formula is C25H27N7O5. The van der Waals surface area contributed by atoms with E-state index in [2.05, 4.69) is 25.6 Å². The summed E-state index contributed by atoms with van der Waals surface area (Å²) < 4.78 is 7.23. The van der Waals surface area contributed by atoms with E-state index in [-0.39, 0.29) is 11.7 Å². The first kappa shape index (κ1) is 24.6. The molecule has 3 heterocycles. The number of nitrogens with two attached hydrogens (primary N) is 1. The van der Waals surface area contributed by atoms with Crippen molar-refractivity contribution in [2.24, 2.45) is 0 Å². The first-order valence-corrected chi connectivity index (χ1v) is 11.7. The summed E-state index contributed by atoms with van der Waals surface area (Å²) >= 11 is 0. The summed E-state index contributed by atoms with van der Waals surface area (Å²) in [5.41, 5.74) is 10.0. The predicted molar refractivity (Wildman–Crippen MR) is 135 cm³/mol. The Morgan fingerprint density at radius 3 is 2.59 bits per heavy atom. The standard InChI is InChI=1S/C25H27N7O5/c1-27-23(36)16-4-2-3-15(9-16)14-7-5-13(6-8-14)10-28-25-31-18-21(26)29-12-30-22(18)32(25)24-20(35)19(34)17(11-33)37-24/h2-9,12,17,19-20,24,33-35H,10-11H2,1H3,(H,27,36)(H,28,31)(H2,26,29,30)/t17-,19?,20?,24-/m1/s1. The third-order valence-electron chi connectivity index (χ3n) is 6.37. The minimum atomic E-state index is -1.32. The summed E-state index contributed by atoms with van der Waals surface area (Å²) in [6, 6.07) is 15.2. The maximum atomic E-state index is 12.0. The average molecular weight is 506 g/mol. The first-order valence-electron chi connectivity index (χ1n) is 11.7. The van der Waals surface area contributed by atoms with Gasteiger partial charge in [0.2, 0.25) is 5.95 Å². The Labute approximate surface area is 211 Å². The third kappa shape index (κ3) is 4.58. The highest BCUT2D eigenvalue weighted by Gasteiger charge is 2.45. The molecule has 5 rings (SSSR count). The third-order valence-corrected chi connectivity index (χ3v) is 6.37. The minimum Gasteiger partial charge on any atom is -0.394 e. The number of hydrogen-bond acceptors (Lipinski definition) is 10. The van der Waals surface area contributed by atoms with Crippen LogP contribution >= 0.6 is 0 Å². The van der Waals surface area contributed by atoms with E-state index in [4.69, 9.17) is 10.5 Å². The molecule has 0 saturated carbocycles. The maximum Gasteiger partial charge on any atom is 0.251 e. The van der Waals surface area contributed by atoms with Crippen molar-refractivity contribution in [2.45, 2.75) is 31.1 Å². The summed E-state index contributed by atoms with van der Waals surface area (Å²) in [5, 5.41) is 36.2. The van der Waals surface area contributed by atoms with E-state index in [0.29, 0.717) is 29.2 Å². The fourth-order valence-electron chi connectivity index (χ4n) is 4.37. The van der Waals surface area contributed by atoms with E-state index in [9.17, 15) is 20.1 Å². The SMILES string of the molecule is CNC(=O)c1cccc(-c2ccc(CNc3nc4c(N)ncnc4n3[C@@H]3O[C@H](CO)C(O)C3O)cc2)c1. The van der Waals surface area contributed by atoms with E-state index in [0.717, 1.165) is 16.7 Å². The number of rotatable bonds is 7. The highest BCUT2D eigenvalue weighted by Crippen LogP contribution is 2.35. The number of nitrogens with zero attached hydrogens (tertiary/aromatic N) is 4. The molecule has 2 aromatic heterocycles. The van der Waals surface area contributed by atoms with E-state index in [1.54, 1.807) is 13.1 Å². The lowest BCUT2D eigenvalue weighted by atomic mass is 10.0. The quantitative estimate of drug-likeness (QED) is 0.209. The number of carbonyl (C=O) groups excluding carboxylic acids is 1. The Kier molecular flexibility index (Phi) is 6.72. The van der Waals surface area contributed by atoms with Gasteiger partial charge in [-0.05, 0) is 28.8 Å². The molecule has 37 heavy (non-hydrogen) atoms. The van der Waals surface area contributed by atoms with Crippen LogP contribution in [0.4, 0.5) is 11.8 Å². The molecule has 0 bridgehead atoms. The number of anilines is 2. The smallest absolute Gasteiger partial charge is 0.251 e. The van der Waals surface area contributed by atoms with Gasteiger partial charge < -0.3 is 36.4 Å². The molecule has 1 saturated heterocycles. The zero-order chi connectivity index (χ0) is 26.1. The summed E-state index contributed by atoms with van der Waals surface area (Å²) in [4.78, 5) is 24.7. The van der Waals surface area contributed by atoms with Gasteiger partial charge in [0.1, 0.15) is 24.6 Å². The van der Waals surface area contributed by atoms with Crippen LogP contribution in [-0.2, 0) is 11.3 Å². The van der Waals surface area contributed by atoms with Gasteiger partial charge in [-0.1, -0.05) is 36.4 Å². The Bertz CT molecular complexity index is 1420. The molecule has 4 atom stereocenters. The Balaban J connectivity index is 1.40. The van der Waals surface area contributed by atoms with Crippen LogP contribution < -0.4 is 16.4 Å². The molecule has 7 N–H and O–H groups in total. The van der Waals surface area contributed by atoms with Crippen LogP contribution in [0.5, 0.6) is 0 Å². The molecule has 12 nitrogen and oxygen atoms in total. The van der Waals surface area contributed by atoms with Crippen molar-refractivity contribution in [3.63, 3.8) is 0 Å². The van der Waals surface area contributed by atoms with Gasteiger partial charge in [0.05, 0.1) is 6.61 Å². The van der Waals surface area contributed by atoms with Gasteiger partial charge in [-0.3, -0.25) is 9.36 Å². The number of benzene rings is 2. The topological polar surface area (TPSA) is 181 Å². The van der Waals surface area contributed by atoms with Crippen LogP contribution in [-0.4, -0.2) is 72.7 Å². The van der Waals surface area contributed by atoms with Crippen molar-refractivity contribution in [3.05, 3.63) is 66.0 Å².